The quantitative estimate of drug-likeness (QED) is 0.642. The summed E-state index contributed by atoms with van der Waals surface area (Å²) in [5.74, 6) is 1.61. The molecule has 0 aromatic rings. The van der Waals surface area contributed by atoms with Crippen molar-refractivity contribution in [1.82, 2.24) is 4.90 Å². The van der Waals surface area contributed by atoms with Crippen LogP contribution in [0.5, 0.6) is 0 Å². The molecule has 1 aliphatic carbocycles. The van der Waals surface area contributed by atoms with E-state index in [9.17, 15) is 4.79 Å². The maximum absolute atomic E-state index is 12.4. The van der Waals surface area contributed by atoms with Crippen molar-refractivity contribution in [2.75, 3.05) is 13.1 Å². The van der Waals surface area contributed by atoms with Gasteiger partial charge in [0.1, 0.15) is 5.60 Å². The number of rotatable bonds is 1. The SMILES string of the molecule is CC(C)(C)OC(=O)N1CC2CCC(B3OC(C)(C)C(C)(C)O3)CCC2C1. The van der Waals surface area contributed by atoms with E-state index >= 15 is 0 Å². The fourth-order valence-corrected chi connectivity index (χ4v) is 4.42. The Bertz CT molecular complexity index is 510. The molecule has 0 spiro atoms. The topological polar surface area (TPSA) is 48.0 Å². The van der Waals surface area contributed by atoms with Gasteiger partial charge < -0.3 is 18.9 Å². The normalized spacial score (nSPS) is 33.7. The van der Waals surface area contributed by atoms with Crippen LogP contribution in [0.3, 0.4) is 0 Å². The van der Waals surface area contributed by atoms with Crippen molar-refractivity contribution < 1.29 is 18.8 Å². The van der Waals surface area contributed by atoms with Gasteiger partial charge in [0.2, 0.25) is 0 Å². The maximum Gasteiger partial charge on any atom is 0.461 e. The number of carbonyl (C=O) groups is 1. The number of hydrogen-bond acceptors (Lipinski definition) is 4. The van der Waals surface area contributed by atoms with Crippen molar-refractivity contribution in [2.24, 2.45) is 11.8 Å². The minimum Gasteiger partial charge on any atom is -0.444 e. The first-order chi connectivity index (χ1) is 11.9. The Morgan fingerprint density at radius 2 is 1.42 bits per heavy atom. The summed E-state index contributed by atoms with van der Waals surface area (Å²) in [6.45, 7) is 15.9. The molecule has 1 amide bonds. The first-order valence-corrected chi connectivity index (χ1v) is 10.2. The number of nitrogens with zero attached hydrogens (tertiary/aromatic N) is 1. The molecule has 0 bridgehead atoms. The van der Waals surface area contributed by atoms with Crippen LogP contribution < -0.4 is 0 Å². The lowest BCUT2D eigenvalue weighted by Crippen LogP contribution is -2.41. The van der Waals surface area contributed by atoms with Gasteiger partial charge in [-0.2, -0.15) is 0 Å². The molecule has 2 aliphatic heterocycles. The Hall–Kier alpha value is -0.745. The molecule has 3 fully saturated rings. The van der Waals surface area contributed by atoms with E-state index in [1.54, 1.807) is 0 Å². The first kappa shape index (κ1) is 20.0. The van der Waals surface area contributed by atoms with Gasteiger partial charge in [-0.3, -0.25) is 0 Å². The van der Waals surface area contributed by atoms with Crippen molar-refractivity contribution in [2.45, 2.75) is 96.8 Å². The van der Waals surface area contributed by atoms with Crippen LogP contribution in [-0.2, 0) is 14.0 Å². The second-order valence-electron chi connectivity index (χ2n) is 10.4. The van der Waals surface area contributed by atoms with Crippen molar-refractivity contribution in [3.05, 3.63) is 0 Å². The lowest BCUT2D eigenvalue weighted by Gasteiger charge is -2.32. The number of amides is 1. The van der Waals surface area contributed by atoms with Crippen LogP contribution >= 0.6 is 0 Å². The molecule has 1 saturated carbocycles. The van der Waals surface area contributed by atoms with Gasteiger partial charge in [0.25, 0.3) is 0 Å². The largest absolute Gasteiger partial charge is 0.461 e. The zero-order chi connectivity index (χ0) is 19.3. The molecule has 0 aromatic heterocycles. The predicted molar refractivity (Wildman–Crippen MR) is 103 cm³/mol. The molecule has 6 heteroatoms. The Balaban J connectivity index is 1.56. The fraction of sp³-hybridized carbons (Fsp3) is 0.950. The first-order valence-electron chi connectivity index (χ1n) is 10.2. The second-order valence-corrected chi connectivity index (χ2v) is 10.4. The smallest absolute Gasteiger partial charge is 0.444 e. The third-order valence-corrected chi connectivity index (χ3v) is 6.70. The van der Waals surface area contributed by atoms with Gasteiger partial charge in [-0.15, -0.1) is 0 Å². The summed E-state index contributed by atoms with van der Waals surface area (Å²) in [6, 6.07) is 0. The summed E-state index contributed by atoms with van der Waals surface area (Å²) in [4.78, 5) is 14.3. The van der Waals surface area contributed by atoms with Gasteiger partial charge >= 0.3 is 13.2 Å². The summed E-state index contributed by atoms with van der Waals surface area (Å²) in [7, 11) is -0.0965. The summed E-state index contributed by atoms with van der Waals surface area (Å²) in [5.41, 5.74) is -0.940. The summed E-state index contributed by atoms with van der Waals surface area (Å²) in [6.07, 6.45) is 4.34. The monoisotopic (exact) mass is 365 g/mol. The molecule has 5 nitrogen and oxygen atoms in total. The van der Waals surface area contributed by atoms with Crippen LogP contribution in [0.1, 0.15) is 74.1 Å². The molecule has 0 aromatic carbocycles. The van der Waals surface area contributed by atoms with Gasteiger partial charge in [0, 0.05) is 13.1 Å². The number of fused-ring (bicyclic) bond motifs is 1. The van der Waals surface area contributed by atoms with Gasteiger partial charge in [-0.25, -0.2) is 4.79 Å². The van der Waals surface area contributed by atoms with Gasteiger partial charge in [-0.05, 0) is 79.0 Å². The zero-order valence-corrected chi connectivity index (χ0v) is 17.6. The van der Waals surface area contributed by atoms with Crippen molar-refractivity contribution >= 4 is 13.2 Å². The van der Waals surface area contributed by atoms with E-state index in [2.05, 4.69) is 27.7 Å². The molecule has 2 saturated heterocycles. The van der Waals surface area contributed by atoms with E-state index in [0.29, 0.717) is 17.7 Å². The zero-order valence-electron chi connectivity index (χ0n) is 17.6. The highest BCUT2D eigenvalue weighted by molar-refractivity contribution is 6.47. The Labute approximate surface area is 159 Å². The van der Waals surface area contributed by atoms with Crippen LogP contribution in [0, 0.1) is 11.8 Å². The number of ether oxygens (including phenoxy) is 1. The number of likely N-dealkylation sites (tertiary alicyclic amines) is 1. The van der Waals surface area contributed by atoms with Crippen molar-refractivity contribution in [3.8, 4) is 0 Å². The third-order valence-electron chi connectivity index (χ3n) is 6.70. The van der Waals surface area contributed by atoms with Crippen LogP contribution in [0.2, 0.25) is 5.82 Å². The van der Waals surface area contributed by atoms with Gasteiger partial charge in [0.15, 0.2) is 0 Å². The summed E-state index contributed by atoms with van der Waals surface area (Å²) >= 11 is 0. The van der Waals surface area contributed by atoms with E-state index in [1.807, 2.05) is 25.7 Å². The average molecular weight is 365 g/mol. The fourth-order valence-electron chi connectivity index (χ4n) is 4.42. The Morgan fingerprint density at radius 3 is 1.85 bits per heavy atom. The summed E-state index contributed by atoms with van der Waals surface area (Å²) in [5, 5.41) is 0. The second kappa shape index (κ2) is 6.70. The molecule has 2 atom stereocenters. The minimum atomic E-state index is -0.427. The Morgan fingerprint density at radius 1 is 0.962 bits per heavy atom. The van der Waals surface area contributed by atoms with Crippen molar-refractivity contribution in [1.29, 1.82) is 0 Å². The lowest BCUT2D eigenvalue weighted by atomic mass is 9.67. The van der Waals surface area contributed by atoms with Gasteiger partial charge in [-0.1, -0.05) is 12.8 Å². The van der Waals surface area contributed by atoms with Crippen molar-refractivity contribution in [3.63, 3.8) is 0 Å². The highest BCUT2D eigenvalue weighted by atomic mass is 16.7. The summed E-state index contributed by atoms with van der Waals surface area (Å²) < 4.78 is 18.1. The molecule has 3 rings (SSSR count). The number of hydrogen-bond donors (Lipinski definition) is 0. The van der Waals surface area contributed by atoms with E-state index in [1.165, 1.54) is 0 Å². The highest BCUT2D eigenvalue weighted by Crippen LogP contribution is 2.46. The van der Waals surface area contributed by atoms with E-state index < -0.39 is 5.60 Å². The molecule has 2 unspecified atom stereocenters. The minimum absolute atomic E-state index is 0.0965. The molecule has 2 heterocycles. The molecule has 0 N–H and O–H groups in total. The highest BCUT2D eigenvalue weighted by Gasteiger charge is 2.54. The van der Waals surface area contributed by atoms with Crippen LogP contribution in [0.25, 0.3) is 0 Å². The third kappa shape index (κ3) is 4.06. The number of carbonyl (C=O) groups excluding carboxylic acids is 1. The van der Waals surface area contributed by atoms with Crippen LogP contribution in [-0.4, -0.2) is 48.0 Å². The van der Waals surface area contributed by atoms with Gasteiger partial charge in [0.05, 0.1) is 11.2 Å². The van der Waals surface area contributed by atoms with E-state index in [0.717, 1.165) is 38.8 Å². The molecular formula is C20H36BNO4. The predicted octanol–water partition coefficient (Wildman–Crippen LogP) is 4.51. The Kier molecular flexibility index (Phi) is 5.15. The maximum atomic E-state index is 12.4. The molecule has 26 heavy (non-hydrogen) atoms. The van der Waals surface area contributed by atoms with Crippen LogP contribution in [0.4, 0.5) is 4.79 Å². The molecule has 0 radical (unpaired) electrons. The average Bonchev–Trinajstić information content (AvgIpc) is 2.89. The molecule has 148 valence electrons. The molecular weight excluding hydrogens is 329 g/mol. The van der Waals surface area contributed by atoms with Crippen LogP contribution in [0.15, 0.2) is 0 Å². The standard InChI is InChI=1S/C20H36BNO4/c1-18(2,3)24-17(23)22-12-14-8-10-16(11-9-15(14)13-22)21-25-19(4,5)20(6,7)26-21/h14-16H,8-13H2,1-7H3. The lowest BCUT2D eigenvalue weighted by molar-refractivity contribution is 0.00578. The van der Waals surface area contributed by atoms with E-state index in [-0.39, 0.29) is 24.4 Å². The molecule has 3 aliphatic rings. The van der Waals surface area contributed by atoms with E-state index in [4.69, 9.17) is 14.0 Å².